The van der Waals surface area contributed by atoms with Crippen LogP contribution in [0.1, 0.15) is 37.3 Å². The minimum atomic E-state index is -0.681. The Kier molecular flexibility index (Phi) is 5.93. The summed E-state index contributed by atoms with van der Waals surface area (Å²) < 4.78 is 6.37. The van der Waals surface area contributed by atoms with E-state index in [2.05, 4.69) is 5.10 Å². The fourth-order valence-corrected chi connectivity index (χ4v) is 2.66. The second kappa shape index (κ2) is 7.92. The van der Waals surface area contributed by atoms with Crippen molar-refractivity contribution in [2.75, 3.05) is 6.61 Å². The molecule has 0 radical (unpaired) electrons. The van der Waals surface area contributed by atoms with Gasteiger partial charge in [-0.3, -0.25) is 9.59 Å². The highest BCUT2D eigenvalue weighted by Gasteiger charge is 2.26. The first-order valence-corrected chi connectivity index (χ1v) is 7.92. The quantitative estimate of drug-likeness (QED) is 0.762. The number of aromatic nitrogens is 2. The lowest BCUT2D eigenvalue weighted by atomic mass is 9.98. The average Bonchev–Trinajstić information content (AvgIpc) is 2.55. The maximum Gasteiger partial charge on any atom is 0.313 e. The number of hydrogen-bond donors (Lipinski definition) is 0. The van der Waals surface area contributed by atoms with Gasteiger partial charge < -0.3 is 4.74 Å². The predicted molar refractivity (Wildman–Crippen MR) is 88.7 cm³/mol. The molecular weight excluding hydrogens is 316 g/mol. The molecule has 0 aliphatic carbocycles. The second-order valence-corrected chi connectivity index (χ2v) is 5.47. The lowest BCUT2D eigenvalue weighted by molar-refractivity contribution is -0.145. The number of nitrogens with zero attached hydrogens (tertiary/aromatic N) is 2. The number of carbonyl (C=O) groups is 1. The van der Waals surface area contributed by atoms with E-state index in [9.17, 15) is 9.59 Å². The van der Waals surface area contributed by atoms with Crippen molar-refractivity contribution in [3.63, 3.8) is 0 Å². The predicted octanol–water partition coefficient (Wildman–Crippen LogP) is 3.00. The standard InChI is InChI=1S/C17H19ClN2O3/c1-3-13(17(22)23-4-2)15-14(18)10-19-20(16(15)21)11-12-8-6-5-7-9-12/h5-10,13H,3-4,11H2,1-2H3. The van der Waals surface area contributed by atoms with Crippen molar-refractivity contribution in [3.05, 3.63) is 63.0 Å². The monoisotopic (exact) mass is 334 g/mol. The van der Waals surface area contributed by atoms with E-state index in [-0.39, 0.29) is 22.8 Å². The van der Waals surface area contributed by atoms with Crippen LogP contribution in [0.15, 0.2) is 41.3 Å². The fraction of sp³-hybridized carbons (Fsp3) is 0.353. The number of ether oxygens (including phenoxy) is 1. The highest BCUT2D eigenvalue weighted by Crippen LogP contribution is 2.24. The van der Waals surface area contributed by atoms with Crippen LogP contribution >= 0.6 is 11.6 Å². The minimum absolute atomic E-state index is 0.194. The summed E-state index contributed by atoms with van der Waals surface area (Å²) in [5.74, 6) is -1.12. The number of esters is 1. The lowest BCUT2D eigenvalue weighted by Crippen LogP contribution is -2.31. The summed E-state index contributed by atoms with van der Waals surface area (Å²) in [5, 5.41) is 4.27. The Balaban J connectivity index is 2.42. The minimum Gasteiger partial charge on any atom is -0.466 e. The van der Waals surface area contributed by atoms with Crippen LogP contribution in [0.25, 0.3) is 0 Å². The van der Waals surface area contributed by atoms with Gasteiger partial charge in [0.05, 0.1) is 35.9 Å². The maximum absolute atomic E-state index is 12.7. The molecular formula is C17H19ClN2O3. The van der Waals surface area contributed by atoms with Gasteiger partial charge in [0, 0.05) is 0 Å². The van der Waals surface area contributed by atoms with Crippen LogP contribution in [0.4, 0.5) is 0 Å². The molecule has 2 aromatic rings. The Labute approximate surface area is 139 Å². The molecule has 0 spiro atoms. The van der Waals surface area contributed by atoms with Crippen molar-refractivity contribution in [3.8, 4) is 0 Å². The van der Waals surface area contributed by atoms with Gasteiger partial charge in [0.1, 0.15) is 0 Å². The van der Waals surface area contributed by atoms with Crippen molar-refractivity contribution >= 4 is 17.6 Å². The molecule has 5 nitrogen and oxygen atoms in total. The molecule has 1 atom stereocenters. The first-order valence-electron chi connectivity index (χ1n) is 7.54. The van der Waals surface area contributed by atoms with Gasteiger partial charge in [0.15, 0.2) is 0 Å². The molecule has 0 aliphatic rings. The largest absolute Gasteiger partial charge is 0.466 e. The van der Waals surface area contributed by atoms with E-state index in [0.717, 1.165) is 5.56 Å². The van der Waals surface area contributed by atoms with E-state index in [0.29, 0.717) is 13.0 Å². The number of carbonyl (C=O) groups excluding carboxylic acids is 1. The average molecular weight is 335 g/mol. The summed E-state index contributed by atoms with van der Waals surface area (Å²) in [6, 6.07) is 9.51. The molecule has 1 heterocycles. The number of benzene rings is 1. The molecule has 1 aromatic carbocycles. The number of halogens is 1. The molecule has 1 aromatic heterocycles. The van der Waals surface area contributed by atoms with Crippen LogP contribution < -0.4 is 5.56 Å². The molecule has 6 heteroatoms. The zero-order valence-electron chi connectivity index (χ0n) is 13.2. The van der Waals surface area contributed by atoms with E-state index < -0.39 is 11.9 Å². The van der Waals surface area contributed by atoms with Crippen LogP contribution in [0.3, 0.4) is 0 Å². The van der Waals surface area contributed by atoms with Gasteiger partial charge in [-0.05, 0) is 18.9 Å². The van der Waals surface area contributed by atoms with E-state index in [1.54, 1.807) is 6.92 Å². The number of rotatable bonds is 6. The number of hydrogen-bond acceptors (Lipinski definition) is 4. The van der Waals surface area contributed by atoms with Crippen molar-refractivity contribution in [2.24, 2.45) is 0 Å². The topological polar surface area (TPSA) is 61.2 Å². The first-order chi connectivity index (χ1) is 11.1. The van der Waals surface area contributed by atoms with Gasteiger partial charge in [-0.1, -0.05) is 48.9 Å². The summed E-state index contributed by atoms with van der Waals surface area (Å²) in [6.07, 6.45) is 1.84. The lowest BCUT2D eigenvalue weighted by Gasteiger charge is -2.16. The summed E-state index contributed by atoms with van der Waals surface area (Å²) in [7, 11) is 0. The SMILES string of the molecule is CCOC(=O)C(CC)c1c(Cl)cnn(Cc2ccccc2)c1=O. The summed E-state index contributed by atoms with van der Waals surface area (Å²) in [5.41, 5.74) is 0.833. The van der Waals surface area contributed by atoms with Gasteiger partial charge in [0.2, 0.25) is 0 Å². The summed E-state index contributed by atoms with van der Waals surface area (Å²) in [4.78, 5) is 24.8. The van der Waals surface area contributed by atoms with Crippen molar-refractivity contribution in [1.29, 1.82) is 0 Å². The molecule has 0 N–H and O–H groups in total. The molecule has 0 fully saturated rings. The molecule has 0 aliphatic heterocycles. The molecule has 122 valence electrons. The van der Waals surface area contributed by atoms with E-state index in [1.807, 2.05) is 37.3 Å². The van der Waals surface area contributed by atoms with Crippen LogP contribution in [-0.4, -0.2) is 22.4 Å². The van der Waals surface area contributed by atoms with E-state index in [4.69, 9.17) is 16.3 Å². The Hall–Kier alpha value is -2.14. The van der Waals surface area contributed by atoms with Crippen molar-refractivity contribution < 1.29 is 9.53 Å². The Morgan fingerprint density at radius 3 is 2.61 bits per heavy atom. The van der Waals surface area contributed by atoms with Crippen LogP contribution in [-0.2, 0) is 16.1 Å². The Morgan fingerprint density at radius 2 is 2.00 bits per heavy atom. The highest BCUT2D eigenvalue weighted by molar-refractivity contribution is 6.31. The van der Waals surface area contributed by atoms with Crippen LogP contribution in [0.5, 0.6) is 0 Å². The molecule has 2 rings (SSSR count). The molecule has 0 bridgehead atoms. The van der Waals surface area contributed by atoms with Gasteiger partial charge >= 0.3 is 5.97 Å². The zero-order chi connectivity index (χ0) is 16.8. The molecule has 23 heavy (non-hydrogen) atoms. The fourth-order valence-electron chi connectivity index (χ4n) is 2.40. The van der Waals surface area contributed by atoms with Crippen molar-refractivity contribution in [2.45, 2.75) is 32.7 Å². The molecule has 1 unspecified atom stereocenters. The van der Waals surface area contributed by atoms with E-state index >= 15 is 0 Å². The highest BCUT2D eigenvalue weighted by atomic mass is 35.5. The third kappa shape index (κ3) is 3.99. The molecule has 0 saturated heterocycles. The summed E-state index contributed by atoms with van der Waals surface area (Å²) >= 11 is 6.14. The second-order valence-electron chi connectivity index (χ2n) is 5.07. The third-order valence-corrected chi connectivity index (χ3v) is 3.84. The Morgan fingerprint density at radius 1 is 1.30 bits per heavy atom. The molecule has 0 amide bonds. The molecule has 0 saturated carbocycles. The third-order valence-electron chi connectivity index (χ3n) is 3.54. The van der Waals surface area contributed by atoms with Crippen LogP contribution in [0.2, 0.25) is 5.02 Å². The van der Waals surface area contributed by atoms with Gasteiger partial charge in [-0.15, -0.1) is 0 Å². The van der Waals surface area contributed by atoms with Crippen LogP contribution in [0, 0.1) is 0 Å². The Bertz CT molecular complexity index is 728. The smallest absolute Gasteiger partial charge is 0.313 e. The summed E-state index contributed by atoms with van der Waals surface area (Å²) in [6.45, 7) is 4.13. The first kappa shape index (κ1) is 17.2. The van der Waals surface area contributed by atoms with Crippen molar-refractivity contribution in [1.82, 2.24) is 9.78 Å². The normalized spacial score (nSPS) is 12.0. The van der Waals surface area contributed by atoms with Gasteiger partial charge in [0.25, 0.3) is 5.56 Å². The van der Waals surface area contributed by atoms with Gasteiger partial charge in [-0.2, -0.15) is 5.10 Å². The zero-order valence-corrected chi connectivity index (χ0v) is 13.9. The maximum atomic E-state index is 12.7. The van der Waals surface area contributed by atoms with Gasteiger partial charge in [-0.25, -0.2) is 4.68 Å². The van der Waals surface area contributed by atoms with E-state index in [1.165, 1.54) is 10.9 Å².